The molecule has 4 rings (SSSR count). The van der Waals surface area contributed by atoms with Gasteiger partial charge >= 0.3 is 0 Å². The number of carbonyl (C=O) groups is 2. The number of piperazine rings is 1. The summed E-state index contributed by atoms with van der Waals surface area (Å²) in [5.41, 5.74) is 2.66. The van der Waals surface area contributed by atoms with Gasteiger partial charge < -0.3 is 20.1 Å². The van der Waals surface area contributed by atoms with Gasteiger partial charge in [-0.15, -0.1) is 0 Å². The first-order valence-electron chi connectivity index (χ1n) is 9.74. The quantitative estimate of drug-likeness (QED) is 0.676. The van der Waals surface area contributed by atoms with Gasteiger partial charge in [0.2, 0.25) is 0 Å². The third kappa shape index (κ3) is 4.22. The van der Waals surface area contributed by atoms with Crippen LogP contribution in [0, 0.1) is 0 Å². The Balaban J connectivity index is 1.66. The number of rotatable bonds is 4. The number of para-hydroxylation sites is 1. The smallest absolute Gasteiger partial charge is 0.270 e. The molecule has 6 heteroatoms. The SMILES string of the molecule is CN1CCN(C(=O)/C(=C/c2c[nH]c3ccccc23)NC(=O)c2ccccc2)CC1. The molecule has 0 bridgehead atoms. The number of H-pyrrole nitrogens is 1. The molecule has 0 unspecified atom stereocenters. The van der Waals surface area contributed by atoms with Crippen LogP contribution in [0.25, 0.3) is 17.0 Å². The van der Waals surface area contributed by atoms with Crippen molar-refractivity contribution < 1.29 is 9.59 Å². The number of carbonyl (C=O) groups excluding carboxylic acids is 2. The van der Waals surface area contributed by atoms with Crippen molar-refractivity contribution in [3.63, 3.8) is 0 Å². The van der Waals surface area contributed by atoms with E-state index in [1.807, 2.05) is 43.6 Å². The first-order valence-corrected chi connectivity index (χ1v) is 9.74. The lowest BCUT2D eigenvalue weighted by atomic mass is 10.1. The highest BCUT2D eigenvalue weighted by Gasteiger charge is 2.24. The average Bonchev–Trinajstić information content (AvgIpc) is 3.17. The van der Waals surface area contributed by atoms with E-state index in [1.54, 1.807) is 35.2 Å². The Morgan fingerprint density at radius 2 is 1.66 bits per heavy atom. The number of likely N-dealkylation sites (N-methyl/N-ethyl adjacent to an activating group) is 1. The molecule has 1 aromatic heterocycles. The molecule has 1 saturated heterocycles. The van der Waals surface area contributed by atoms with Crippen molar-refractivity contribution in [3.05, 3.63) is 77.6 Å². The van der Waals surface area contributed by atoms with Crippen molar-refractivity contribution in [2.75, 3.05) is 33.2 Å². The highest BCUT2D eigenvalue weighted by molar-refractivity contribution is 6.06. The number of amides is 2. The van der Waals surface area contributed by atoms with Crippen LogP contribution in [0.1, 0.15) is 15.9 Å². The molecule has 2 heterocycles. The van der Waals surface area contributed by atoms with Crippen molar-refractivity contribution in [1.82, 2.24) is 20.1 Å². The molecule has 1 fully saturated rings. The van der Waals surface area contributed by atoms with Gasteiger partial charge in [-0.1, -0.05) is 36.4 Å². The first-order chi connectivity index (χ1) is 14.1. The Morgan fingerprint density at radius 1 is 0.966 bits per heavy atom. The predicted octanol–water partition coefficient (Wildman–Crippen LogP) is 2.71. The highest BCUT2D eigenvalue weighted by atomic mass is 16.2. The maximum atomic E-state index is 13.2. The van der Waals surface area contributed by atoms with Crippen LogP contribution in [-0.2, 0) is 4.79 Å². The van der Waals surface area contributed by atoms with Gasteiger partial charge in [0.25, 0.3) is 11.8 Å². The molecule has 2 amide bonds. The van der Waals surface area contributed by atoms with Crippen LogP contribution < -0.4 is 5.32 Å². The van der Waals surface area contributed by atoms with E-state index in [9.17, 15) is 9.59 Å². The average molecular weight is 388 g/mol. The zero-order valence-corrected chi connectivity index (χ0v) is 16.4. The molecule has 0 atom stereocenters. The van der Waals surface area contributed by atoms with E-state index in [-0.39, 0.29) is 17.5 Å². The molecule has 29 heavy (non-hydrogen) atoms. The first kappa shape index (κ1) is 19.0. The number of aromatic nitrogens is 1. The molecule has 0 radical (unpaired) electrons. The fraction of sp³-hybridized carbons (Fsp3) is 0.217. The van der Waals surface area contributed by atoms with E-state index in [0.29, 0.717) is 18.7 Å². The van der Waals surface area contributed by atoms with Crippen molar-refractivity contribution in [3.8, 4) is 0 Å². The molecule has 0 aliphatic carbocycles. The molecule has 1 aliphatic heterocycles. The molecule has 148 valence electrons. The van der Waals surface area contributed by atoms with E-state index in [4.69, 9.17) is 0 Å². The van der Waals surface area contributed by atoms with Crippen LogP contribution >= 0.6 is 0 Å². The minimum Gasteiger partial charge on any atom is -0.361 e. The second-order valence-electron chi connectivity index (χ2n) is 7.26. The highest BCUT2D eigenvalue weighted by Crippen LogP contribution is 2.21. The summed E-state index contributed by atoms with van der Waals surface area (Å²) in [6.45, 7) is 2.92. The number of nitrogens with one attached hydrogen (secondary N) is 2. The van der Waals surface area contributed by atoms with Gasteiger partial charge in [-0.25, -0.2) is 0 Å². The fourth-order valence-electron chi connectivity index (χ4n) is 3.48. The Morgan fingerprint density at radius 3 is 2.41 bits per heavy atom. The molecular formula is C23H24N4O2. The maximum Gasteiger partial charge on any atom is 0.270 e. The summed E-state index contributed by atoms with van der Waals surface area (Å²) in [5, 5.41) is 3.85. The van der Waals surface area contributed by atoms with Crippen LogP contribution in [0.4, 0.5) is 0 Å². The minimum absolute atomic E-state index is 0.160. The topological polar surface area (TPSA) is 68.4 Å². The molecule has 2 aromatic carbocycles. The van der Waals surface area contributed by atoms with Crippen LogP contribution in [0.3, 0.4) is 0 Å². The minimum atomic E-state index is -0.292. The standard InChI is InChI=1S/C23H24N4O2/c1-26-11-13-27(14-12-26)23(29)21(25-22(28)17-7-3-2-4-8-17)15-18-16-24-20-10-6-5-9-19(18)20/h2-10,15-16,24H,11-14H2,1H3,(H,25,28)/b21-15-. The van der Waals surface area contributed by atoms with Gasteiger partial charge in [-0.2, -0.15) is 0 Å². The number of hydrogen-bond acceptors (Lipinski definition) is 3. The molecular weight excluding hydrogens is 364 g/mol. The molecule has 6 nitrogen and oxygen atoms in total. The Labute approximate surface area is 169 Å². The summed E-state index contributed by atoms with van der Waals surface area (Å²) in [6, 6.07) is 16.8. The van der Waals surface area contributed by atoms with Crippen LogP contribution in [0.5, 0.6) is 0 Å². The summed E-state index contributed by atoms with van der Waals surface area (Å²) >= 11 is 0. The van der Waals surface area contributed by atoms with Gasteiger partial charge in [0.15, 0.2) is 0 Å². The lowest BCUT2D eigenvalue weighted by Gasteiger charge is -2.33. The van der Waals surface area contributed by atoms with Crippen molar-refractivity contribution >= 4 is 28.8 Å². The zero-order chi connectivity index (χ0) is 20.2. The second kappa shape index (κ2) is 8.32. The maximum absolute atomic E-state index is 13.2. The third-order valence-electron chi connectivity index (χ3n) is 5.23. The Bertz CT molecular complexity index is 1050. The molecule has 0 spiro atoms. The molecule has 3 aromatic rings. The summed E-state index contributed by atoms with van der Waals surface area (Å²) < 4.78 is 0. The van der Waals surface area contributed by atoms with E-state index in [0.717, 1.165) is 29.6 Å². The second-order valence-corrected chi connectivity index (χ2v) is 7.26. The van der Waals surface area contributed by atoms with E-state index < -0.39 is 0 Å². The molecule has 1 aliphatic rings. The van der Waals surface area contributed by atoms with Gasteiger partial charge in [0, 0.05) is 54.4 Å². The van der Waals surface area contributed by atoms with Gasteiger partial charge in [0.1, 0.15) is 5.70 Å². The summed E-state index contributed by atoms with van der Waals surface area (Å²) in [4.78, 5) is 33.2. The van der Waals surface area contributed by atoms with E-state index in [2.05, 4.69) is 15.2 Å². The summed E-state index contributed by atoms with van der Waals surface area (Å²) in [6.07, 6.45) is 3.62. The predicted molar refractivity (Wildman–Crippen MR) is 114 cm³/mol. The largest absolute Gasteiger partial charge is 0.361 e. The van der Waals surface area contributed by atoms with Crippen molar-refractivity contribution in [2.24, 2.45) is 0 Å². The third-order valence-corrected chi connectivity index (χ3v) is 5.23. The number of nitrogens with zero attached hydrogens (tertiary/aromatic N) is 2. The van der Waals surface area contributed by atoms with Gasteiger partial charge in [-0.3, -0.25) is 9.59 Å². The zero-order valence-electron chi connectivity index (χ0n) is 16.4. The summed E-state index contributed by atoms with van der Waals surface area (Å²) in [7, 11) is 2.04. The lowest BCUT2D eigenvalue weighted by Crippen LogP contribution is -2.49. The van der Waals surface area contributed by atoms with Crippen molar-refractivity contribution in [2.45, 2.75) is 0 Å². The Kier molecular flexibility index (Phi) is 5.44. The number of aromatic amines is 1. The van der Waals surface area contributed by atoms with Gasteiger partial charge in [-0.05, 0) is 31.3 Å². The Hall–Kier alpha value is -3.38. The normalized spacial score (nSPS) is 15.5. The van der Waals surface area contributed by atoms with Crippen LogP contribution in [-0.4, -0.2) is 59.8 Å². The van der Waals surface area contributed by atoms with E-state index in [1.165, 1.54) is 0 Å². The summed E-state index contributed by atoms with van der Waals surface area (Å²) in [5.74, 6) is -0.452. The number of fused-ring (bicyclic) bond motifs is 1. The number of benzene rings is 2. The van der Waals surface area contributed by atoms with Crippen molar-refractivity contribution in [1.29, 1.82) is 0 Å². The van der Waals surface area contributed by atoms with Crippen LogP contribution in [0.2, 0.25) is 0 Å². The lowest BCUT2D eigenvalue weighted by molar-refractivity contribution is -0.128. The van der Waals surface area contributed by atoms with Crippen LogP contribution in [0.15, 0.2) is 66.5 Å². The monoisotopic (exact) mass is 388 g/mol. The number of hydrogen-bond donors (Lipinski definition) is 2. The van der Waals surface area contributed by atoms with E-state index >= 15 is 0 Å². The van der Waals surface area contributed by atoms with Gasteiger partial charge in [0.05, 0.1) is 0 Å². The fourth-order valence-corrected chi connectivity index (χ4v) is 3.48. The molecule has 0 saturated carbocycles. The molecule has 2 N–H and O–H groups in total.